The molecule has 80 valence electrons. The molecule has 0 bridgehead atoms. The lowest BCUT2D eigenvalue weighted by molar-refractivity contribution is -0.0784. The number of carboxylic acids is 1. The molecule has 0 aliphatic heterocycles. The summed E-state index contributed by atoms with van der Waals surface area (Å²) in [4.78, 5) is 11.1. The standard InChI is InChI=1S/C12H14O3/c1-15-12(7-4-8-12)10-6-3-2-5-9(10)11(13)14/h2-3,5-6H,4,7-8H2,1H3,(H,13,14). The Morgan fingerprint density at radius 3 is 2.53 bits per heavy atom. The summed E-state index contributed by atoms with van der Waals surface area (Å²) in [6, 6.07) is 7.10. The zero-order valence-electron chi connectivity index (χ0n) is 8.69. The Labute approximate surface area is 88.7 Å². The number of carboxylic acid groups (broad SMARTS) is 1. The lowest BCUT2D eigenvalue weighted by atomic mass is 9.73. The highest BCUT2D eigenvalue weighted by molar-refractivity contribution is 5.89. The molecule has 0 atom stereocenters. The molecule has 1 aliphatic carbocycles. The second-order valence-corrected chi connectivity index (χ2v) is 3.90. The Bertz CT molecular complexity index is 375. The van der Waals surface area contributed by atoms with Gasteiger partial charge in [-0.1, -0.05) is 18.2 Å². The maximum atomic E-state index is 11.1. The van der Waals surface area contributed by atoms with Gasteiger partial charge in [0.15, 0.2) is 0 Å². The molecule has 0 saturated heterocycles. The van der Waals surface area contributed by atoms with Gasteiger partial charge in [-0.05, 0) is 30.9 Å². The quantitative estimate of drug-likeness (QED) is 0.826. The largest absolute Gasteiger partial charge is 0.478 e. The van der Waals surface area contributed by atoms with Gasteiger partial charge in [0.2, 0.25) is 0 Å². The summed E-state index contributed by atoms with van der Waals surface area (Å²) >= 11 is 0. The van der Waals surface area contributed by atoms with Gasteiger partial charge in [0, 0.05) is 7.11 Å². The monoisotopic (exact) mass is 206 g/mol. The predicted molar refractivity (Wildman–Crippen MR) is 55.9 cm³/mol. The van der Waals surface area contributed by atoms with Crippen LogP contribution in [0.25, 0.3) is 0 Å². The average molecular weight is 206 g/mol. The summed E-state index contributed by atoms with van der Waals surface area (Å²) in [7, 11) is 1.65. The second kappa shape index (κ2) is 3.66. The van der Waals surface area contributed by atoms with Crippen molar-refractivity contribution >= 4 is 5.97 Å². The molecule has 2 rings (SSSR count). The van der Waals surface area contributed by atoms with E-state index in [4.69, 9.17) is 9.84 Å². The first kappa shape index (κ1) is 10.2. The molecule has 0 aromatic heterocycles. The van der Waals surface area contributed by atoms with E-state index >= 15 is 0 Å². The summed E-state index contributed by atoms with van der Waals surface area (Å²) < 4.78 is 5.49. The molecule has 3 nitrogen and oxygen atoms in total. The van der Waals surface area contributed by atoms with E-state index < -0.39 is 5.97 Å². The number of hydrogen-bond donors (Lipinski definition) is 1. The maximum absolute atomic E-state index is 11.1. The van der Waals surface area contributed by atoms with Crippen molar-refractivity contribution in [3.05, 3.63) is 35.4 Å². The van der Waals surface area contributed by atoms with Gasteiger partial charge in [0.25, 0.3) is 0 Å². The number of hydrogen-bond acceptors (Lipinski definition) is 2. The average Bonchev–Trinajstić information content (AvgIpc) is 2.17. The first-order chi connectivity index (χ1) is 7.19. The molecule has 0 amide bonds. The van der Waals surface area contributed by atoms with Gasteiger partial charge in [0.05, 0.1) is 11.2 Å². The lowest BCUT2D eigenvalue weighted by Crippen LogP contribution is -2.37. The smallest absolute Gasteiger partial charge is 0.336 e. The van der Waals surface area contributed by atoms with Gasteiger partial charge in [-0.25, -0.2) is 4.79 Å². The molecule has 0 spiro atoms. The Morgan fingerprint density at radius 1 is 1.40 bits per heavy atom. The molecule has 1 N–H and O–H groups in total. The highest BCUT2D eigenvalue weighted by Gasteiger charge is 2.41. The predicted octanol–water partition coefficient (Wildman–Crippen LogP) is 2.41. The fourth-order valence-corrected chi connectivity index (χ4v) is 2.15. The van der Waals surface area contributed by atoms with E-state index in [1.807, 2.05) is 12.1 Å². The van der Waals surface area contributed by atoms with Crippen molar-refractivity contribution in [2.24, 2.45) is 0 Å². The van der Waals surface area contributed by atoms with Crippen molar-refractivity contribution in [1.82, 2.24) is 0 Å². The van der Waals surface area contributed by atoms with Gasteiger partial charge in [-0.15, -0.1) is 0 Å². The van der Waals surface area contributed by atoms with Crippen LogP contribution in [0.1, 0.15) is 35.2 Å². The zero-order chi connectivity index (χ0) is 10.9. The zero-order valence-corrected chi connectivity index (χ0v) is 8.69. The molecule has 1 aromatic rings. The van der Waals surface area contributed by atoms with Gasteiger partial charge in [0.1, 0.15) is 0 Å². The molecule has 1 saturated carbocycles. The maximum Gasteiger partial charge on any atom is 0.336 e. The highest BCUT2D eigenvalue weighted by atomic mass is 16.5. The summed E-state index contributed by atoms with van der Waals surface area (Å²) in [5, 5.41) is 9.09. The molecule has 0 radical (unpaired) electrons. The summed E-state index contributed by atoms with van der Waals surface area (Å²) in [6.07, 6.45) is 2.92. The minimum absolute atomic E-state index is 0.352. The Hall–Kier alpha value is -1.35. The van der Waals surface area contributed by atoms with Crippen LogP contribution >= 0.6 is 0 Å². The van der Waals surface area contributed by atoms with E-state index in [-0.39, 0.29) is 5.60 Å². The molecule has 0 heterocycles. The molecule has 15 heavy (non-hydrogen) atoms. The number of carbonyl (C=O) groups is 1. The first-order valence-corrected chi connectivity index (χ1v) is 5.07. The van der Waals surface area contributed by atoms with E-state index in [0.29, 0.717) is 5.56 Å². The lowest BCUT2D eigenvalue weighted by Gasteiger charge is -2.41. The molecule has 0 unspecified atom stereocenters. The van der Waals surface area contributed by atoms with Gasteiger partial charge >= 0.3 is 5.97 Å². The third-order valence-corrected chi connectivity index (χ3v) is 3.20. The first-order valence-electron chi connectivity index (χ1n) is 5.07. The fraction of sp³-hybridized carbons (Fsp3) is 0.417. The minimum atomic E-state index is -0.881. The number of aromatic carboxylic acids is 1. The number of benzene rings is 1. The molecule has 1 aromatic carbocycles. The number of ether oxygens (including phenoxy) is 1. The molecular weight excluding hydrogens is 192 g/mol. The third kappa shape index (κ3) is 1.53. The van der Waals surface area contributed by atoms with Crippen molar-refractivity contribution in [2.75, 3.05) is 7.11 Å². The second-order valence-electron chi connectivity index (χ2n) is 3.90. The van der Waals surface area contributed by atoms with Crippen molar-refractivity contribution in [3.63, 3.8) is 0 Å². The van der Waals surface area contributed by atoms with Crippen LogP contribution in [-0.4, -0.2) is 18.2 Å². The Morgan fingerprint density at radius 2 is 2.07 bits per heavy atom. The number of rotatable bonds is 3. The van der Waals surface area contributed by atoms with Crippen LogP contribution in [0.2, 0.25) is 0 Å². The molecular formula is C12H14O3. The van der Waals surface area contributed by atoms with E-state index in [1.54, 1.807) is 19.2 Å². The third-order valence-electron chi connectivity index (χ3n) is 3.20. The van der Waals surface area contributed by atoms with Crippen molar-refractivity contribution in [2.45, 2.75) is 24.9 Å². The van der Waals surface area contributed by atoms with Crippen molar-refractivity contribution in [3.8, 4) is 0 Å². The van der Waals surface area contributed by atoms with E-state index in [9.17, 15) is 4.79 Å². The van der Waals surface area contributed by atoms with Crippen LogP contribution < -0.4 is 0 Å². The van der Waals surface area contributed by atoms with Gasteiger partial charge in [-0.3, -0.25) is 0 Å². The molecule has 3 heteroatoms. The van der Waals surface area contributed by atoms with E-state index in [1.165, 1.54) is 0 Å². The van der Waals surface area contributed by atoms with Crippen LogP contribution in [-0.2, 0) is 10.3 Å². The summed E-state index contributed by atoms with van der Waals surface area (Å²) in [5.41, 5.74) is 0.819. The molecule has 1 aliphatic rings. The minimum Gasteiger partial charge on any atom is -0.478 e. The van der Waals surface area contributed by atoms with Crippen molar-refractivity contribution < 1.29 is 14.6 Å². The van der Waals surface area contributed by atoms with Crippen LogP contribution in [0.15, 0.2) is 24.3 Å². The van der Waals surface area contributed by atoms with Crippen LogP contribution in [0.5, 0.6) is 0 Å². The van der Waals surface area contributed by atoms with Crippen LogP contribution in [0, 0.1) is 0 Å². The van der Waals surface area contributed by atoms with Crippen LogP contribution in [0.3, 0.4) is 0 Å². The van der Waals surface area contributed by atoms with E-state index in [0.717, 1.165) is 24.8 Å². The summed E-state index contributed by atoms with van der Waals surface area (Å²) in [5.74, 6) is -0.881. The topological polar surface area (TPSA) is 46.5 Å². The summed E-state index contributed by atoms with van der Waals surface area (Å²) in [6.45, 7) is 0. The molecule has 1 fully saturated rings. The Kier molecular flexibility index (Phi) is 2.49. The van der Waals surface area contributed by atoms with Gasteiger partial charge < -0.3 is 9.84 Å². The Balaban J connectivity index is 2.46. The van der Waals surface area contributed by atoms with Gasteiger partial charge in [-0.2, -0.15) is 0 Å². The SMILES string of the molecule is COC1(c2ccccc2C(=O)O)CCC1. The fourth-order valence-electron chi connectivity index (χ4n) is 2.15. The normalized spacial score (nSPS) is 18.2. The van der Waals surface area contributed by atoms with Crippen molar-refractivity contribution in [1.29, 1.82) is 0 Å². The van der Waals surface area contributed by atoms with E-state index in [2.05, 4.69) is 0 Å². The highest BCUT2D eigenvalue weighted by Crippen LogP contribution is 2.45. The number of methoxy groups -OCH3 is 1. The van der Waals surface area contributed by atoms with Crippen LogP contribution in [0.4, 0.5) is 0 Å².